The largest absolute Gasteiger partial charge is 0.495 e. The molecule has 27 heavy (non-hydrogen) atoms. The maximum atomic E-state index is 12.9. The van der Waals surface area contributed by atoms with Crippen molar-refractivity contribution in [2.24, 2.45) is 0 Å². The zero-order chi connectivity index (χ0) is 20.0. The maximum Gasteiger partial charge on any atom is 0.264 e. The van der Waals surface area contributed by atoms with Gasteiger partial charge in [-0.3, -0.25) is 9.10 Å². The van der Waals surface area contributed by atoms with E-state index in [4.69, 9.17) is 4.74 Å². The molecule has 0 spiro atoms. The smallest absolute Gasteiger partial charge is 0.264 e. The van der Waals surface area contributed by atoms with E-state index in [0.717, 1.165) is 10.8 Å². The summed E-state index contributed by atoms with van der Waals surface area (Å²) in [7, 11) is 3.02. The van der Waals surface area contributed by atoms with Crippen molar-refractivity contribution in [1.82, 2.24) is 10.2 Å². The fourth-order valence-corrected chi connectivity index (χ4v) is 3.66. The molecule has 146 valence electrons. The van der Waals surface area contributed by atoms with Gasteiger partial charge in [-0.1, -0.05) is 12.1 Å². The number of para-hydroxylation sites is 2. The van der Waals surface area contributed by atoms with Crippen LogP contribution in [-0.4, -0.2) is 60.6 Å². The van der Waals surface area contributed by atoms with Crippen LogP contribution in [0.2, 0.25) is 0 Å². The van der Waals surface area contributed by atoms with Gasteiger partial charge in [0.25, 0.3) is 15.9 Å². The van der Waals surface area contributed by atoms with Gasteiger partial charge >= 0.3 is 0 Å². The van der Waals surface area contributed by atoms with Gasteiger partial charge in [0.05, 0.1) is 17.7 Å². The molecule has 0 radical (unpaired) electrons. The number of carbonyl (C=O) groups excluding carboxylic acids is 1. The Kier molecular flexibility index (Phi) is 6.81. The highest BCUT2D eigenvalue weighted by atomic mass is 32.2. The highest BCUT2D eigenvalue weighted by Crippen LogP contribution is 2.30. The molecule has 0 bridgehead atoms. The van der Waals surface area contributed by atoms with Crippen LogP contribution in [-0.2, 0) is 10.0 Å². The summed E-state index contributed by atoms with van der Waals surface area (Å²) in [5.74, 6) is 0.222. The Balaban J connectivity index is 2.18. The van der Waals surface area contributed by atoms with Crippen molar-refractivity contribution in [1.29, 1.82) is 0 Å². The molecular formula is C19H25N3O4S. The number of sulfonamides is 1. The Labute approximate surface area is 160 Å². The van der Waals surface area contributed by atoms with Crippen molar-refractivity contribution in [2.75, 3.05) is 45.6 Å². The molecule has 0 aliphatic rings. The molecule has 0 saturated heterocycles. The van der Waals surface area contributed by atoms with Crippen LogP contribution in [0.15, 0.2) is 53.4 Å². The van der Waals surface area contributed by atoms with Gasteiger partial charge in [0, 0.05) is 25.7 Å². The Bertz CT molecular complexity index is 880. The van der Waals surface area contributed by atoms with Crippen LogP contribution in [0.3, 0.4) is 0 Å². The minimum Gasteiger partial charge on any atom is -0.495 e. The van der Waals surface area contributed by atoms with Crippen LogP contribution in [0.25, 0.3) is 0 Å². The number of hydrogen-bond donors (Lipinski definition) is 1. The highest BCUT2D eigenvalue weighted by Gasteiger charge is 2.23. The SMILES string of the molecule is COc1ccccc1N(C)S(=O)(=O)c1ccc(C(=O)NCCN(C)C)cc1. The van der Waals surface area contributed by atoms with Gasteiger partial charge < -0.3 is 15.0 Å². The second-order valence-electron chi connectivity index (χ2n) is 6.23. The molecule has 0 aliphatic heterocycles. The topological polar surface area (TPSA) is 78.9 Å². The number of anilines is 1. The third-order valence-corrected chi connectivity index (χ3v) is 5.83. The van der Waals surface area contributed by atoms with Gasteiger partial charge in [-0.15, -0.1) is 0 Å². The van der Waals surface area contributed by atoms with Gasteiger partial charge in [-0.25, -0.2) is 8.42 Å². The number of carbonyl (C=O) groups is 1. The lowest BCUT2D eigenvalue weighted by molar-refractivity contribution is 0.0951. The lowest BCUT2D eigenvalue weighted by Gasteiger charge is -2.21. The molecule has 0 aromatic heterocycles. The Morgan fingerprint density at radius 2 is 1.67 bits per heavy atom. The molecule has 0 atom stereocenters. The number of amides is 1. The molecule has 1 N–H and O–H groups in total. The van der Waals surface area contributed by atoms with E-state index < -0.39 is 10.0 Å². The first-order valence-corrected chi connectivity index (χ1v) is 9.86. The summed E-state index contributed by atoms with van der Waals surface area (Å²) in [5.41, 5.74) is 0.846. The van der Waals surface area contributed by atoms with E-state index >= 15 is 0 Å². The fraction of sp³-hybridized carbons (Fsp3) is 0.316. The average molecular weight is 391 g/mol. The van der Waals surface area contributed by atoms with Gasteiger partial charge in [0.15, 0.2) is 0 Å². The number of methoxy groups -OCH3 is 1. The van der Waals surface area contributed by atoms with E-state index in [1.807, 2.05) is 19.0 Å². The van der Waals surface area contributed by atoms with Gasteiger partial charge in [0.1, 0.15) is 5.75 Å². The molecule has 0 aliphatic carbocycles. The average Bonchev–Trinajstić information content (AvgIpc) is 2.67. The molecule has 0 saturated carbocycles. The molecule has 0 fully saturated rings. The van der Waals surface area contributed by atoms with E-state index in [1.54, 1.807) is 24.3 Å². The summed E-state index contributed by atoms with van der Waals surface area (Å²) in [6, 6.07) is 12.8. The van der Waals surface area contributed by atoms with Gasteiger partial charge in [0.2, 0.25) is 0 Å². The Morgan fingerprint density at radius 1 is 1.04 bits per heavy atom. The molecular weight excluding hydrogens is 366 g/mol. The molecule has 2 aromatic carbocycles. The van der Waals surface area contributed by atoms with Crippen LogP contribution in [0.5, 0.6) is 5.75 Å². The van der Waals surface area contributed by atoms with E-state index in [1.165, 1.54) is 38.4 Å². The number of rotatable bonds is 8. The summed E-state index contributed by atoms with van der Waals surface area (Å²) < 4.78 is 32.2. The summed E-state index contributed by atoms with van der Waals surface area (Å²) in [6.07, 6.45) is 0. The van der Waals surface area contributed by atoms with Gasteiger partial charge in [-0.2, -0.15) is 0 Å². The molecule has 1 amide bonds. The number of benzene rings is 2. The number of nitrogens with one attached hydrogen (secondary N) is 1. The minimum absolute atomic E-state index is 0.0979. The molecule has 7 nitrogen and oxygen atoms in total. The number of ether oxygens (including phenoxy) is 1. The monoisotopic (exact) mass is 391 g/mol. The third-order valence-electron chi connectivity index (χ3n) is 4.04. The summed E-state index contributed by atoms with van der Waals surface area (Å²) in [6.45, 7) is 1.24. The number of likely N-dealkylation sites (N-methyl/N-ethyl adjacent to an activating group) is 1. The zero-order valence-corrected chi connectivity index (χ0v) is 16.8. The number of nitrogens with zero attached hydrogens (tertiary/aromatic N) is 2. The van der Waals surface area contributed by atoms with Crippen LogP contribution in [0.1, 0.15) is 10.4 Å². The maximum absolute atomic E-state index is 12.9. The minimum atomic E-state index is -3.78. The second-order valence-corrected chi connectivity index (χ2v) is 8.20. The van der Waals surface area contributed by atoms with Crippen LogP contribution >= 0.6 is 0 Å². The van der Waals surface area contributed by atoms with Crippen molar-refractivity contribution in [3.05, 3.63) is 54.1 Å². The third kappa shape index (κ3) is 4.99. The van der Waals surface area contributed by atoms with Crippen molar-refractivity contribution >= 4 is 21.6 Å². The number of hydrogen-bond acceptors (Lipinski definition) is 5. The standard InChI is InChI=1S/C19H25N3O4S/c1-21(2)14-13-20-19(23)15-9-11-16(12-10-15)27(24,25)22(3)17-7-5-6-8-18(17)26-4/h5-12H,13-14H2,1-4H3,(H,20,23). The van der Waals surface area contributed by atoms with Crippen molar-refractivity contribution < 1.29 is 17.9 Å². The van der Waals surface area contributed by atoms with Crippen LogP contribution in [0.4, 0.5) is 5.69 Å². The fourth-order valence-electron chi connectivity index (χ4n) is 2.45. The van der Waals surface area contributed by atoms with Crippen molar-refractivity contribution in [2.45, 2.75) is 4.90 Å². The molecule has 8 heteroatoms. The van der Waals surface area contributed by atoms with Crippen LogP contribution < -0.4 is 14.4 Å². The lowest BCUT2D eigenvalue weighted by Crippen LogP contribution is -2.31. The van der Waals surface area contributed by atoms with Crippen molar-refractivity contribution in [3.63, 3.8) is 0 Å². The Morgan fingerprint density at radius 3 is 2.26 bits per heavy atom. The quantitative estimate of drug-likeness (QED) is 0.743. The van der Waals surface area contributed by atoms with Crippen LogP contribution in [0, 0.1) is 0 Å². The highest BCUT2D eigenvalue weighted by molar-refractivity contribution is 7.92. The normalized spacial score (nSPS) is 11.3. The molecule has 0 unspecified atom stereocenters. The van der Waals surface area contributed by atoms with E-state index in [-0.39, 0.29) is 10.8 Å². The lowest BCUT2D eigenvalue weighted by atomic mass is 10.2. The van der Waals surface area contributed by atoms with Crippen molar-refractivity contribution in [3.8, 4) is 5.75 Å². The van der Waals surface area contributed by atoms with Gasteiger partial charge in [-0.05, 0) is 50.5 Å². The molecule has 2 aromatic rings. The first-order valence-electron chi connectivity index (χ1n) is 8.42. The summed E-state index contributed by atoms with van der Waals surface area (Å²) in [5, 5.41) is 2.80. The first-order chi connectivity index (χ1) is 12.8. The van der Waals surface area contributed by atoms with E-state index in [2.05, 4.69) is 5.32 Å². The summed E-state index contributed by atoms with van der Waals surface area (Å²) >= 11 is 0. The summed E-state index contributed by atoms with van der Waals surface area (Å²) in [4.78, 5) is 14.2. The molecule has 2 rings (SSSR count). The first kappa shape index (κ1) is 20.7. The zero-order valence-electron chi connectivity index (χ0n) is 16.0. The molecule has 0 heterocycles. The predicted octanol–water partition coefficient (Wildman–Crippen LogP) is 1.81. The second kappa shape index (κ2) is 8.88. The van der Waals surface area contributed by atoms with E-state index in [9.17, 15) is 13.2 Å². The predicted molar refractivity (Wildman–Crippen MR) is 106 cm³/mol. The van der Waals surface area contributed by atoms with E-state index in [0.29, 0.717) is 23.5 Å². The Hall–Kier alpha value is -2.58.